The van der Waals surface area contributed by atoms with E-state index in [1.807, 2.05) is 6.92 Å². The van der Waals surface area contributed by atoms with Crippen LogP contribution in [-0.4, -0.2) is 28.1 Å². The zero-order valence-corrected chi connectivity index (χ0v) is 10.8. The normalized spacial score (nSPS) is 13.4. The lowest BCUT2D eigenvalue weighted by molar-refractivity contribution is 0.413. The molecule has 0 aliphatic carbocycles. The Kier molecular flexibility index (Phi) is 4.92. The predicted octanol–water partition coefficient (Wildman–Crippen LogP) is 0.711. The maximum Gasteiger partial charge on any atom is 0.240 e. The van der Waals surface area contributed by atoms with Crippen LogP contribution in [0.4, 0.5) is 0 Å². The van der Waals surface area contributed by atoms with Gasteiger partial charge in [0.1, 0.15) is 5.75 Å². The molecule has 0 aromatic heterocycles. The highest BCUT2D eigenvalue weighted by Crippen LogP contribution is 2.16. The van der Waals surface area contributed by atoms with Gasteiger partial charge in [0.15, 0.2) is 0 Å². The highest BCUT2D eigenvalue weighted by Gasteiger charge is 2.14. The quantitative estimate of drug-likeness (QED) is 0.787. The average molecular weight is 258 g/mol. The Bertz CT molecular complexity index is 458. The van der Waals surface area contributed by atoms with E-state index in [1.54, 1.807) is 12.1 Å². The molecular formula is C11H18N2O3S. The highest BCUT2D eigenvalue weighted by molar-refractivity contribution is 7.89. The summed E-state index contributed by atoms with van der Waals surface area (Å²) in [7, 11) is -1.98. The first-order valence-electron chi connectivity index (χ1n) is 5.35. The lowest BCUT2D eigenvalue weighted by Gasteiger charge is -2.09. The summed E-state index contributed by atoms with van der Waals surface area (Å²) in [6, 6.07) is 6.31. The van der Waals surface area contributed by atoms with Crippen LogP contribution < -0.4 is 15.2 Å². The van der Waals surface area contributed by atoms with Crippen molar-refractivity contribution in [3.05, 3.63) is 24.3 Å². The molecule has 0 aliphatic heterocycles. The van der Waals surface area contributed by atoms with Crippen molar-refractivity contribution in [2.24, 2.45) is 5.73 Å². The van der Waals surface area contributed by atoms with Crippen molar-refractivity contribution in [1.82, 2.24) is 4.72 Å². The third-order valence-electron chi connectivity index (χ3n) is 2.24. The molecule has 6 heteroatoms. The van der Waals surface area contributed by atoms with Crippen LogP contribution in [0.15, 0.2) is 29.2 Å². The lowest BCUT2D eigenvalue weighted by atomic mass is 10.3. The maximum atomic E-state index is 11.9. The number of sulfonamides is 1. The Balaban J connectivity index is 2.75. The molecule has 17 heavy (non-hydrogen) atoms. The Morgan fingerprint density at radius 3 is 2.76 bits per heavy atom. The number of ether oxygens (including phenoxy) is 1. The molecule has 96 valence electrons. The molecule has 0 aliphatic rings. The van der Waals surface area contributed by atoms with E-state index in [-0.39, 0.29) is 10.9 Å². The SMILES string of the molecule is COc1cccc(S(=O)(=O)NCCC(C)N)c1. The molecule has 1 aromatic carbocycles. The molecule has 0 bridgehead atoms. The molecule has 0 radical (unpaired) electrons. The number of nitrogens with two attached hydrogens (primary N) is 1. The van der Waals surface area contributed by atoms with Crippen molar-refractivity contribution < 1.29 is 13.2 Å². The lowest BCUT2D eigenvalue weighted by Crippen LogP contribution is -2.29. The van der Waals surface area contributed by atoms with Gasteiger partial charge < -0.3 is 10.5 Å². The van der Waals surface area contributed by atoms with Crippen LogP contribution in [0.25, 0.3) is 0 Å². The van der Waals surface area contributed by atoms with Gasteiger partial charge >= 0.3 is 0 Å². The standard InChI is InChI=1S/C11H18N2O3S/c1-9(12)6-7-13-17(14,15)11-5-3-4-10(8-11)16-2/h3-5,8-9,13H,6-7,12H2,1-2H3. The van der Waals surface area contributed by atoms with Gasteiger partial charge in [0.05, 0.1) is 12.0 Å². The molecule has 0 amide bonds. The summed E-state index contributed by atoms with van der Waals surface area (Å²) in [4.78, 5) is 0.196. The minimum Gasteiger partial charge on any atom is -0.497 e. The molecule has 0 spiro atoms. The van der Waals surface area contributed by atoms with Crippen LogP contribution in [-0.2, 0) is 10.0 Å². The van der Waals surface area contributed by atoms with Gasteiger partial charge in [-0.3, -0.25) is 0 Å². The topological polar surface area (TPSA) is 81.4 Å². The number of benzene rings is 1. The van der Waals surface area contributed by atoms with Crippen molar-refractivity contribution >= 4 is 10.0 Å². The van der Waals surface area contributed by atoms with E-state index < -0.39 is 10.0 Å². The van der Waals surface area contributed by atoms with Gasteiger partial charge in [-0.05, 0) is 25.5 Å². The Hall–Kier alpha value is -1.11. The van der Waals surface area contributed by atoms with E-state index in [2.05, 4.69) is 4.72 Å². The maximum absolute atomic E-state index is 11.9. The molecule has 3 N–H and O–H groups in total. The summed E-state index contributed by atoms with van der Waals surface area (Å²) < 4.78 is 31.2. The van der Waals surface area contributed by atoms with Crippen molar-refractivity contribution in [2.45, 2.75) is 24.3 Å². The number of rotatable bonds is 6. The third kappa shape index (κ3) is 4.33. The predicted molar refractivity (Wildman–Crippen MR) is 66.4 cm³/mol. The zero-order valence-electron chi connectivity index (χ0n) is 10.0. The summed E-state index contributed by atoms with van der Waals surface area (Å²) in [5, 5.41) is 0. The fourth-order valence-electron chi connectivity index (χ4n) is 1.27. The summed E-state index contributed by atoms with van der Waals surface area (Å²) in [5.41, 5.74) is 5.55. The second-order valence-electron chi connectivity index (χ2n) is 3.84. The van der Waals surface area contributed by atoms with E-state index in [4.69, 9.17) is 10.5 Å². The molecule has 0 fully saturated rings. The second kappa shape index (κ2) is 6.00. The molecule has 0 heterocycles. The molecular weight excluding hydrogens is 240 g/mol. The molecule has 1 aromatic rings. The minimum atomic E-state index is -3.47. The van der Waals surface area contributed by atoms with E-state index in [0.29, 0.717) is 18.7 Å². The van der Waals surface area contributed by atoms with E-state index in [1.165, 1.54) is 19.2 Å². The van der Waals surface area contributed by atoms with Gasteiger partial charge in [0.2, 0.25) is 10.0 Å². The molecule has 0 saturated heterocycles. The van der Waals surface area contributed by atoms with Gasteiger partial charge in [-0.1, -0.05) is 6.07 Å². The minimum absolute atomic E-state index is 0.0250. The van der Waals surface area contributed by atoms with Crippen molar-refractivity contribution in [2.75, 3.05) is 13.7 Å². The first-order chi connectivity index (χ1) is 7.95. The fraction of sp³-hybridized carbons (Fsp3) is 0.455. The second-order valence-corrected chi connectivity index (χ2v) is 5.61. The van der Waals surface area contributed by atoms with Crippen LogP contribution in [0.1, 0.15) is 13.3 Å². The van der Waals surface area contributed by atoms with Gasteiger partial charge in [-0.2, -0.15) is 0 Å². The molecule has 0 saturated carbocycles. The van der Waals surface area contributed by atoms with Crippen LogP contribution >= 0.6 is 0 Å². The van der Waals surface area contributed by atoms with Crippen molar-refractivity contribution in [3.8, 4) is 5.75 Å². The molecule has 1 atom stereocenters. The number of methoxy groups -OCH3 is 1. The summed E-state index contributed by atoms with van der Waals surface area (Å²) in [5.74, 6) is 0.514. The summed E-state index contributed by atoms with van der Waals surface area (Å²) >= 11 is 0. The number of nitrogens with one attached hydrogen (secondary N) is 1. The van der Waals surface area contributed by atoms with E-state index >= 15 is 0 Å². The van der Waals surface area contributed by atoms with Crippen LogP contribution in [0.5, 0.6) is 5.75 Å². The van der Waals surface area contributed by atoms with Gasteiger partial charge in [0, 0.05) is 18.7 Å². The molecule has 1 unspecified atom stereocenters. The summed E-state index contributed by atoms with van der Waals surface area (Å²) in [6.45, 7) is 2.16. The first-order valence-corrected chi connectivity index (χ1v) is 6.83. The van der Waals surface area contributed by atoms with Crippen LogP contribution in [0.3, 0.4) is 0 Å². The summed E-state index contributed by atoms with van der Waals surface area (Å²) in [6.07, 6.45) is 0.600. The zero-order chi connectivity index (χ0) is 12.9. The molecule has 1 rings (SSSR count). The van der Waals surface area contributed by atoms with Gasteiger partial charge in [-0.15, -0.1) is 0 Å². The number of hydrogen-bond donors (Lipinski definition) is 2. The largest absolute Gasteiger partial charge is 0.497 e. The molecule has 5 nitrogen and oxygen atoms in total. The Morgan fingerprint density at radius 1 is 1.47 bits per heavy atom. The Morgan fingerprint density at radius 2 is 2.18 bits per heavy atom. The third-order valence-corrected chi connectivity index (χ3v) is 3.70. The average Bonchev–Trinajstić information content (AvgIpc) is 2.28. The van der Waals surface area contributed by atoms with Crippen molar-refractivity contribution in [1.29, 1.82) is 0 Å². The fourth-order valence-corrected chi connectivity index (χ4v) is 2.35. The van der Waals surface area contributed by atoms with Crippen LogP contribution in [0.2, 0.25) is 0 Å². The van der Waals surface area contributed by atoms with E-state index in [9.17, 15) is 8.42 Å². The Labute approximate surface area is 102 Å². The van der Waals surface area contributed by atoms with Crippen molar-refractivity contribution in [3.63, 3.8) is 0 Å². The first kappa shape index (κ1) is 14.0. The highest BCUT2D eigenvalue weighted by atomic mass is 32.2. The van der Waals surface area contributed by atoms with E-state index in [0.717, 1.165) is 0 Å². The van der Waals surface area contributed by atoms with Gasteiger partial charge in [0.25, 0.3) is 0 Å². The monoisotopic (exact) mass is 258 g/mol. The smallest absolute Gasteiger partial charge is 0.240 e. The number of hydrogen-bond acceptors (Lipinski definition) is 4. The van der Waals surface area contributed by atoms with Gasteiger partial charge in [-0.25, -0.2) is 13.1 Å². The van der Waals surface area contributed by atoms with Crippen LogP contribution in [0, 0.1) is 0 Å².